The Morgan fingerprint density at radius 1 is 1.27 bits per heavy atom. The first-order chi connectivity index (χ1) is 5.20. The highest BCUT2D eigenvalue weighted by molar-refractivity contribution is 7.99. The number of rotatable bonds is 0. The van der Waals surface area contributed by atoms with E-state index in [2.05, 4.69) is 0 Å². The number of hydroxylamine groups is 2. The molecule has 0 spiro atoms. The monoisotopic (exact) mass is 170 g/mol. The van der Waals surface area contributed by atoms with Crippen LogP contribution in [0.15, 0.2) is 29.2 Å². The second kappa shape index (κ2) is 2.22. The normalized spacial score (nSPS) is 19.8. The Morgan fingerprint density at radius 3 is 2.73 bits per heavy atom. The van der Waals surface area contributed by atoms with Crippen LogP contribution in [0, 0.1) is 0 Å². The third kappa shape index (κ3) is 1.04. The molecule has 0 bridgehead atoms. The zero-order chi connectivity index (χ0) is 7.90. The van der Waals surface area contributed by atoms with Crippen molar-refractivity contribution in [1.82, 2.24) is 4.81 Å². The highest BCUT2D eigenvalue weighted by Crippen LogP contribution is 2.40. The van der Waals surface area contributed by atoms with Crippen molar-refractivity contribution in [3.05, 3.63) is 24.3 Å². The van der Waals surface area contributed by atoms with Gasteiger partial charge >= 0.3 is 0 Å². The molecule has 0 saturated heterocycles. The average Bonchev–Trinajstić information content (AvgIpc) is 2.29. The molecule has 0 unspecified atom stereocenters. The summed E-state index contributed by atoms with van der Waals surface area (Å²) in [5.41, 5.74) is 0.567. The van der Waals surface area contributed by atoms with Crippen LogP contribution in [0.1, 0.15) is 0 Å². The fraction of sp³-hybridized carbons (Fsp3) is 0.143. The number of nitrogens with zero attached hydrogens (tertiary/aromatic N) is 1. The number of fused-ring (bicyclic) bond motifs is 1. The van der Waals surface area contributed by atoms with Gasteiger partial charge < -0.3 is 0 Å². The summed E-state index contributed by atoms with van der Waals surface area (Å²) in [4.78, 5) is -0.0431. The predicted octanol–water partition coefficient (Wildman–Crippen LogP) is 1.84. The van der Waals surface area contributed by atoms with E-state index in [-0.39, 0.29) is 5.88 Å². The molecule has 1 aliphatic rings. The highest BCUT2D eigenvalue weighted by Gasteiger charge is 2.37. The maximum absolute atomic E-state index is 9.32. The fourth-order valence-electron chi connectivity index (χ4n) is 1.10. The zero-order valence-corrected chi connectivity index (χ0v) is 6.58. The SMILES string of the molecule is O[N+]1(O)CSc2ccccc21. The minimum absolute atomic E-state index is 0.277. The molecular weight excluding hydrogens is 162 g/mol. The molecule has 1 aromatic carbocycles. The van der Waals surface area contributed by atoms with Crippen molar-refractivity contribution in [2.75, 3.05) is 5.88 Å². The summed E-state index contributed by atoms with van der Waals surface area (Å²) in [5, 5.41) is 18.6. The summed E-state index contributed by atoms with van der Waals surface area (Å²) in [6.07, 6.45) is 0. The lowest BCUT2D eigenvalue weighted by molar-refractivity contribution is -0.276. The van der Waals surface area contributed by atoms with Gasteiger partial charge in [-0.3, -0.25) is 0 Å². The van der Waals surface area contributed by atoms with Crippen LogP contribution in [0.3, 0.4) is 0 Å². The zero-order valence-electron chi connectivity index (χ0n) is 5.77. The third-order valence-electron chi connectivity index (χ3n) is 1.65. The van der Waals surface area contributed by atoms with Crippen LogP contribution in [0.4, 0.5) is 5.69 Å². The summed E-state index contributed by atoms with van der Waals surface area (Å²) in [6.45, 7) is 0. The number of benzene rings is 1. The predicted molar refractivity (Wildman–Crippen MR) is 42.5 cm³/mol. The molecule has 0 fully saturated rings. The minimum Gasteiger partial charge on any atom is -0.176 e. The summed E-state index contributed by atoms with van der Waals surface area (Å²) in [5.74, 6) is 0.277. The lowest BCUT2D eigenvalue weighted by atomic mass is 10.3. The maximum Gasteiger partial charge on any atom is 0.214 e. The van der Waals surface area contributed by atoms with Gasteiger partial charge in [0.1, 0.15) is 0 Å². The summed E-state index contributed by atoms with van der Waals surface area (Å²) in [7, 11) is 0. The molecule has 2 rings (SSSR count). The first-order valence-corrected chi connectivity index (χ1v) is 4.25. The first-order valence-electron chi connectivity index (χ1n) is 3.26. The molecule has 0 saturated carbocycles. The van der Waals surface area contributed by atoms with Crippen LogP contribution in [-0.4, -0.2) is 16.3 Å². The molecule has 3 nitrogen and oxygen atoms in total. The van der Waals surface area contributed by atoms with E-state index in [4.69, 9.17) is 0 Å². The standard InChI is InChI=1S/C7H8NO2S/c9-8(10)5-11-7-4-2-1-3-6(7)8/h1-4,9-10H,5H2/q+1. The van der Waals surface area contributed by atoms with Gasteiger partial charge in [-0.2, -0.15) is 10.4 Å². The Bertz CT molecular complexity index is 288. The molecule has 1 heterocycles. The summed E-state index contributed by atoms with van der Waals surface area (Å²) < 4.78 is 0. The molecule has 0 aliphatic carbocycles. The van der Waals surface area contributed by atoms with E-state index in [0.717, 1.165) is 4.90 Å². The maximum atomic E-state index is 9.32. The topological polar surface area (TPSA) is 40.5 Å². The Hall–Kier alpha value is -0.550. The number of quaternary nitrogens is 1. The summed E-state index contributed by atoms with van der Waals surface area (Å²) in [6, 6.07) is 7.28. The fourth-order valence-corrected chi connectivity index (χ4v) is 2.10. The van der Waals surface area contributed by atoms with Gasteiger partial charge in [-0.1, -0.05) is 23.9 Å². The van der Waals surface area contributed by atoms with Crippen molar-refractivity contribution in [2.24, 2.45) is 0 Å². The first kappa shape index (κ1) is 7.12. The number of hydrogen-bond acceptors (Lipinski definition) is 3. The molecule has 0 amide bonds. The van der Waals surface area contributed by atoms with E-state index in [9.17, 15) is 10.4 Å². The van der Waals surface area contributed by atoms with Gasteiger partial charge in [-0.05, 0) is 10.9 Å². The van der Waals surface area contributed by atoms with Gasteiger partial charge in [0.15, 0.2) is 5.88 Å². The van der Waals surface area contributed by atoms with E-state index in [0.29, 0.717) is 5.69 Å². The Balaban J connectivity index is 2.56. The molecule has 0 aromatic heterocycles. The molecule has 2 N–H and O–H groups in total. The molecule has 11 heavy (non-hydrogen) atoms. The van der Waals surface area contributed by atoms with Gasteiger partial charge in [-0.15, -0.1) is 0 Å². The average molecular weight is 170 g/mol. The van der Waals surface area contributed by atoms with Crippen molar-refractivity contribution in [3.8, 4) is 0 Å². The smallest absolute Gasteiger partial charge is 0.176 e. The van der Waals surface area contributed by atoms with Crippen molar-refractivity contribution < 1.29 is 10.4 Å². The van der Waals surface area contributed by atoms with Crippen molar-refractivity contribution >= 4 is 17.4 Å². The third-order valence-corrected chi connectivity index (χ3v) is 2.80. The molecule has 4 heteroatoms. The molecule has 1 aliphatic heterocycles. The van der Waals surface area contributed by atoms with Crippen LogP contribution in [0.5, 0.6) is 0 Å². The highest BCUT2D eigenvalue weighted by atomic mass is 32.2. The molecule has 1 aromatic rings. The van der Waals surface area contributed by atoms with Crippen molar-refractivity contribution in [3.63, 3.8) is 0 Å². The molecule has 58 valence electrons. The lowest BCUT2D eigenvalue weighted by Gasteiger charge is -2.12. The van der Waals surface area contributed by atoms with E-state index >= 15 is 0 Å². The van der Waals surface area contributed by atoms with Crippen LogP contribution >= 0.6 is 11.8 Å². The van der Waals surface area contributed by atoms with E-state index < -0.39 is 4.81 Å². The Labute approximate surface area is 68.4 Å². The van der Waals surface area contributed by atoms with Gasteiger partial charge in [0.05, 0.1) is 4.90 Å². The Morgan fingerprint density at radius 2 is 2.00 bits per heavy atom. The summed E-state index contributed by atoms with van der Waals surface area (Å²) >= 11 is 1.45. The van der Waals surface area contributed by atoms with Gasteiger partial charge in [0.2, 0.25) is 5.69 Å². The molecule has 0 radical (unpaired) electrons. The largest absolute Gasteiger partial charge is 0.214 e. The minimum atomic E-state index is -0.985. The van der Waals surface area contributed by atoms with Crippen molar-refractivity contribution in [1.29, 1.82) is 0 Å². The van der Waals surface area contributed by atoms with Crippen LogP contribution in [0.2, 0.25) is 0 Å². The van der Waals surface area contributed by atoms with Gasteiger partial charge in [0, 0.05) is 6.07 Å². The van der Waals surface area contributed by atoms with Crippen LogP contribution < -0.4 is 4.81 Å². The molecular formula is C7H8NO2S+. The number of thioether (sulfide) groups is 1. The number of hydrogen-bond donors (Lipinski definition) is 2. The lowest BCUT2D eigenvalue weighted by Crippen LogP contribution is -2.38. The molecule has 0 atom stereocenters. The second-order valence-electron chi connectivity index (χ2n) is 2.47. The van der Waals surface area contributed by atoms with Gasteiger partial charge in [0.25, 0.3) is 0 Å². The van der Waals surface area contributed by atoms with Gasteiger partial charge in [-0.25, -0.2) is 0 Å². The quantitative estimate of drug-likeness (QED) is 0.583. The van der Waals surface area contributed by atoms with Crippen LogP contribution in [0.25, 0.3) is 0 Å². The van der Waals surface area contributed by atoms with Crippen LogP contribution in [-0.2, 0) is 0 Å². The van der Waals surface area contributed by atoms with E-state index in [1.807, 2.05) is 12.1 Å². The van der Waals surface area contributed by atoms with Crippen molar-refractivity contribution in [2.45, 2.75) is 4.90 Å². The number of para-hydroxylation sites is 1. The van der Waals surface area contributed by atoms with E-state index in [1.165, 1.54) is 11.8 Å². The van der Waals surface area contributed by atoms with E-state index in [1.54, 1.807) is 12.1 Å². The Kier molecular flexibility index (Phi) is 1.43. The second-order valence-corrected chi connectivity index (χ2v) is 3.46.